The summed E-state index contributed by atoms with van der Waals surface area (Å²) in [6.07, 6.45) is 6.55. The van der Waals surface area contributed by atoms with Crippen LogP contribution in [0.3, 0.4) is 0 Å². The maximum absolute atomic E-state index is 13.7. The van der Waals surface area contributed by atoms with E-state index in [2.05, 4.69) is 10.2 Å². The van der Waals surface area contributed by atoms with E-state index in [9.17, 15) is 9.59 Å². The van der Waals surface area contributed by atoms with E-state index in [1.54, 1.807) is 15.9 Å². The van der Waals surface area contributed by atoms with E-state index in [4.69, 9.17) is 9.72 Å². The Morgan fingerprint density at radius 1 is 1.12 bits per heavy atom. The zero-order chi connectivity index (χ0) is 22.8. The molecule has 1 saturated heterocycles. The molecule has 5 rings (SSSR count). The second-order valence-electron chi connectivity index (χ2n) is 8.80. The first-order valence-corrected chi connectivity index (χ1v) is 12.7. The molecule has 0 spiro atoms. The lowest BCUT2D eigenvalue weighted by Gasteiger charge is -2.18. The summed E-state index contributed by atoms with van der Waals surface area (Å²) in [6.45, 7) is 5.10. The number of thiophene rings is 1. The summed E-state index contributed by atoms with van der Waals surface area (Å²) >= 11 is 1.67. The van der Waals surface area contributed by atoms with E-state index < -0.39 is 0 Å². The lowest BCUT2D eigenvalue weighted by Crippen LogP contribution is -2.33. The molecule has 33 heavy (non-hydrogen) atoms. The van der Waals surface area contributed by atoms with Crippen LogP contribution in [0, 0.1) is 0 Å². The van der Waals surface area contributed by atoms with E-state index in [1.807, 2.05) is 31.2 Å². The first-order valence-electron chi connectivity index (χ1n) is 11.9. The Kier molecular flexibility index (Phi) is 6.46. The summed E-state index contributed by atoms with van der Waals surface area (Å²) in [5, 5.41) is 3.65. The van der Waals surface area contributed by atoms with Crippen LogP contribution in [-0.2, 0) is 30.7 Å². The molecule has 1 N–H and O–H groups in total. The Morgan fingerprint density at radius 2 is 1.88 bits per heavy atom. The molecule has 1 aromatic carbocycles. The summed E-state index contributed by atoms with van der Waals surface area (Å²) in [7, 11) is 0. The number of anilines is 1. The maximum atomic E-state index is 13.7. The van der Waals surface area contributed by atoms with E-state index in [0.717, 1.165) is 66.7 Å². The predicted molar refractivity (Wildman–Crippen MR) is 131 cm³/mol. The van der Waals surface area contributed by atoms with Gasteiger partial charge in [0, 0.05) is 10.6 Å². The highest BCUT2D eigenvalue weighted by Gasteiger charge is 2.24. The molecule has 0 bridgehead atoms. The normalized spacial score (nSPS) is 16.2. The molecule has 0 saturated carbocycles. The SMILES string of the molecule is CCOc1ccc(NC(=O)Cn2c(CN3CCCC3)nc3sc4c(c3c2=O)CCCC4)cc1. The number of ether oxygens (including phenoxy) is 1. The van der Waals surface area contributed by atoms with Gasteiger partial charge in [0.15, 0.2) is 0 Å². The van der Waals surface area contributed by atoms with E-state index in [1.165, 1.54) is 11.3 Å². The summed E-state index contributed by atoms with van der Waals surface area (Å²) < 4.78 is 7.07. The van der Waals surface area contributed by atoms with Crippen molar-refractivity contribution in [1.29, 1.82) is 0 Å². The molecule has 1 aliphatic heterocycles. The standard InChI is InChI=1S/C25H30N4O3S/c1-2-32-18-11-9-17(10-12-18)26-22(30)16-29-21(15-28-13-5-6-14-28)27-24-23(25(29)31)19-7-3-4-8-20(19)33-24/h9-12H,2-8,13-16H2,1H3,(H,26,30). The fourth-order valence-electron chi connectivity index (χ4n) is 4.85. The number of nitrogens with one attached hydrogen (secondary N) is 1. The van der Waals surface area contributed by atoms with Crippen LogP contribution >= 0.6 is 11.3 Å². The zero-order valence-electron chi connectivity index (χ0n) is 19.1. The molecule has 2 aliphatic rings. The number of rotatable bonds is 7. The molecule has 1 aliphatic carbocycles. The van der Waals surface area contributed by atoms with Crippen molar-refractivity contribution < 1.29 is 9.53 Å². The number of hydrogen-bond donors (Lipinski definition) is 1. The van der Waals surface area contributed by atoms with Crippen LogP contribution in [-0.4, -0.2) is 40.1 Å². The average molecular weight is 467 g/mol. The molecule has 0 atom stereocenters. The van der Waals surface area contributed by atoms with Gasteiger partial charge >= 0.3 is 0 Å². The first-order chi connectivity index (χ1) is 16.1. The summed E-state index contributed by atoms with van der Waals surface area (Å²) in [5.74, 6) is 1.22. The number of amides is 1. The quantitative estimate of drug-likeness (QED) is 0.570. The van der Waals surface area contributed by atoms with Gasteiger partial charge in [-0.1, -0.05) is 0 Å². The molecular weight excluding hydrogens is 436 g/mol. The first kappa shape index (κ1) is 22.1. The van der Waals surface area contributed by atoms with Crippen LogP contribution in [0.1, 0.15) is 48.9 Å². The smallest absolute Gasteiger partial charge is 0.263 e. The lowest BCUT2D eigenvalue weighted by molar-refractivity contribution is -0.116. The molecule has 8 heteroatoms. The molecule has 3 heterocycles. The van der Waals surface area contributed by atoms with Crippen LogP contribution < -0.4 is 15.6 Å². The van der Waals surface area contributed by atoms with E-state index in [0.29, 0.717) is 24.7 Å². The fourth-order valence-corrected chi connectivity index (χ4v) is 6.12. The molecule has 3 aromatic rings. The topological polar surface area (TPSA) is 76.5 Å². The van der Waals surface area contributed by atoms with Crippen molar-refractivity contribution >= 4 is 33.1 Å². The van der Waals surface area contributed by atoms with Crippen molar-refractivity contribution in [2.45, 2.75) is 58.5 Å². The number of fused-ring (bicyclic) bond motifs is 3. The minimum Gasteiger partial charge on any atom is -0.494 e. The predicted octanol–water partition coefficient (Wildman–Crippen LogP) is 3.97. The second-order valence-corrected chi connectivity index (χ2v) is 9.88. The number of carbonyl (C=O) groups excluding carboxylic acids is 1. The van der Waals surface area contributed by atoms with Crippen LogP contribution in [0.2, 0.25) is 0 Å². The molecule has 1 amide bonds. The van der Waals surface area contributed by atoms with Gasteiger partial charge in [-0.05, 0) is 88.4 Å². The number of hydrogen-bond acceptors (Lipinski definition) is 6. The number of nitrogens with zero attached hydrogens (tertiary/aromatic N) is 3. The Bertz CT molecular complexity index is 1210. The van der Waals surface area contributed by atoms with Gasteiger partial charge in [-0.15, -0.1) is 11.3 Å². The largest absolute Gasteiger partial charge is 0.494 e. The average Bonchev–Trinajstić information content (AvgIpc) is 3.45. The van der Waals surface area contributed by atoms with Gasteiger partial charge in [0.1, 0.15) is 22.9 Å². The van der Waals surface area contributed by atoms with Crippen LogP contribution in [0.25, 0.3) is 10.2 Å². The number of aromatic nitrogens is 2. The van der Waals surface area contributed by atoms with Gasteiger partial charge in [-0.3, -0.25) is 19.1 Å². The van der Waals surface area contributed by atoms with E-state index >= 15 is 0 Å². The number of carbonyl (C=O) groups is 1. The molecule has 1 fully saturated rings. The monoisotopic (exact) mass is 466 g/mol. The van der Waals surface area contributed by atoms with Crippen molar-refractivity contribution in [2.24, 2.45) is 0 Å². The van der Waals surface area contributed by atoms with Crippen LogP contribution in [0.15, 0.2) is 29.1 Å². The fraction of sp³-hybridized carbons (Fsp3) is 0.480. The summed E-state index contributed by atoms with van der Waals surface area (Å²) in [4.78, 5) is 36.0. The Morgan fingerprint density at radius 3 is 2.64 bits per heavy atom. The number of aryl methyl sites for hydroxylation is 2. The lowest BCUT2D eigenvalue weighted by atomic mass is 9.97. The van der Waals surface area contributed by atoms with E-state index in [-0.39, 0.29) is 18.0 Å². The Hall–Kier alpha value is -2.71. The van der Waals surface area contributed by atoms with Gasteiger partial charge in [0.2, 0.25) is 5.91 Å². The van der Waals surface area contributed by atoms with Gasteiger partial charge in [-0.2, -0.15) is 0 Å². The van der Waals surface area contributed by atoms with Crippen LogP contribution in [0.5, 0.6) is 5.75 Å². The minimum atomic E-state index is -0.228. The molecule has 174 valence electrons. The highest BCUT2D eigenvalue weighted by atomic mass is 32.1. The van der Waals surface area contributed by atoms with Gasteiger partial charge in [0.05, 0.1) is 18.5 Å². The second kappa shape index (κ2) is 9.65. The minimum absolute atomic E-state index is 0.0389. The van der Waals surface area contributed by atoms with Crippen molar-refractivity contribution in [3.05, 3.63) is 50.9 Å². The Labute approximate surface area is 197 Å². The number of likely N-dealkylation sites (tertiary alicyclic amines) is 1. The van der Waals surface area contributed by atoms with Gasteiger partial charge < -0.3 is 10.1 Å². The van der Waals surface area contributed by atoms with Gasteiger partial charge in [0.25, 0.3) is 5.56 Å². The zero-order valence-corrected chi connectivity index (χ0v) is 19.9. The van der Waals surface area contributed by atoms with Crippen molar-refractivity contribution in [3.63, 3.8) is 0 Å². The third-order valence-corrected chi connectivity index (χ3v) is 7.65. The number of benzene rings is 1. The third kappa shape index (κ3) is 4.68. The van der Waals surface area contributed by atoms with Crippen molar-refractivity contribution in [1.82, 2.24) is 14.5 Å². The third-order valence-electron chi connectivity index (χ3n) is 6.47. The highest BCUT2D eigenvalue weighted by Crippen LogP contribution is 2.34. The molecule has 7 nitrogen and oxygen atoms in total. The maximum Gasteiger partial charge on any atom is 0.263 e. The molecule has 0 unspecified atom stereocenters. The summed E-state index contributed by atoms with van der Waals surface area (Å²) in [5.41, 5.74) is 1.77. The highest BCUT2D eigenvalue weighted by molar-refractivity contribution is 7.18. The summed E-state index contributed by atoms with van der Waals surface area (Å²) in [6, 6.07) is 7.28. The molecular formula is C25H30N4O3S. The van der Waals surface area contributed by atoms with Crippen molar-refractivity contribution in [3.8, 4) is 5.75 Å². The van der Waals surface area contributed by atoms with Crippen LogP contribution in [0.4, 0.5) is 5.69 Å². The Balaban J connectivity index is 1.45. The van der Waals surface area contributed by atoms with Crippen molar-refractivity contribution in [2.75, 3.05) is 25.0 Å². The molecule has 2 aromatic heterocycles. The van der Waals surface area contributed by atoms with Gasteiger partial charge in [-0.25, -0.2) is 4.98 Å². The molecule has 0 radical (unpaired) electrons.